The number of nitrogens with one attached hydrogen (secondary N) is 1. The second kappa shape index (κ2) is 7.94. The van der Waals surface area contributed by atoms with E-state index in [1.54, 1.807) is 19.2 Å². The van der Waals surface area contributed by atoms with Gasteiger partial charge in [0.2, 0.25) is 0 Å². The quantitative estimate of drug-likeness (QED) is 0.899. The highest BCUT2D eigenvalue weighted by molar-refractivity contribution is 5.74. The Morgan fingerprint density at radius 1 is 1.29 bits per heavy atom. The Hall–Kier alpha value is -1.66. The van der Waals surface area contributed by atoms with Gasteiger partial charge in [0.15, 0.2) is 0 Å². The van der Waals surface area contributed by atoms with Crippen molar-refractivity contribution in [1.29, 1.82) is 0 Å². The molecular formula is C18H26FN3O2. The predicted octanol–water partition coefficient (Wildman–Crippen LogP) is 2.39. The van der Waals surface area contributed by atoms with Crippen LogP contribution in [0.25, 0.3) is 0 Å². The molecule has 1 N–H and O–H groups in total. The normalized spacial score (nSPS) is 22.8. The summed E-state index contributed by atoms with van der Waals surface area (Å²) in [6.07, 6.45) is 3.33. The fourth-order valence-corrected chi connectivity index (χ4v) is 3.64. The molecule has 2 amide bonds. The summed E-state index contributed by atoms with van der Waals surface area (Å²) in [7, 11) is 1.60. The van der Waals surface area contributed by atoms with E-state index in [9.17, 15) is 9.18 Å². The van der Waals surface area contributed by atoms with Gasteiger partial charge in [-0.25, -0.2) is 9.18 Å². The molecule has 0 aliphatic carbocycles. The van der Waals surface area contributed by atoms with Gasteiger partial charge in [0.25, 0.3) is 0 Å². The topological polar surface area (TPSA) is 44.8 Å². The molecular weight excluding hydrogens is 309 g/mol. The lowest BCUT2D eigenvalue weighted by Crippen LogP contribution is -2.42. The zero-order valence-electron chi connectivity index (χ0n) is 14.2. The molecule has 3 rings (SSSR count). The van der Waals surface area contributed by atoms with Crippen molar-refractivity contribution >= 4 is 6.03 Å². The van der Waals surface area contributed by atoms with E-state index in [4.69, 9.17) is 4.74 Å². The van der Waals surface area contributed by atoms with E-state index in [2.05, 4.69) is 10.2 Å². The van der Waals surface area contributed by atoms with Gasteiger partial charge in [0.05, 0.1) is 6.10 Å². The largest absolute Gasteiger partial charge is 0.375 e. The zero-order chi connectivity index (χ0) is 16.9. The molecule has 2 atom stereocenters. The van der Waals surface area contributed by atoms with Crippen molar-refractivity contribution in [2.45, 2.75) is 31.4 Å². The van der Waals surface area contributed by atoms with Crippen molar-refractivity contribution < 1.29 is 13.9 Å². The van der Waals surface area contributed by atoms with Gasteiger partial charge in [-0.2, -0.15) is 0 Å². The molecule has 1 aromatic rings. The van der Waals surface area contributed by atoms with Gasteiger partial charge in [-0.1, -0.05) is 12.1 Å². The molecule has 24 heavy (non-hydrogen) atoms. The number of hydrogen-bond acceptors (Lipinski definition) is 3. The Labute approximate surface area is 142 Å². The number of urea groups is 1. The van der Waals surface area contributed by atoms with Crippen LogP contribution in [0.5, 0.6) is 0 Å². The number of rotatable bonds is 5. The van der Waals surface area contributed by atoms with Gasteiger partial charge in [-0.3, -0.25) is 4.90 Å². The van der Waals surface area contributed by atoms with E-state index < -0.39 is 0 Å². The second-order valence-electron chi connectivity index (χ2n) is 6.59. The minimum absolute atomic E-state index is 0.0409. The average Bonchev–Trinajstić information content (AvgIpc) is 3.28. The van der Waals surface area contributed by atoms with Crippen LogP contribution in [0.1, 0.15) is 30.9 Å². The molecule has 2 aliphatic rings. The third-order valence-electron chi connectivity index (χ3n) is 5.07. The van der Waals surface area contributed by atoms with Crippen LogP contribution in [-0.2, 0) is 4.74 Å². The fraction of sp³-hybridized carbons (Fsp3) is 0.611. The van der Waals surface area contributed by atoms with Crippen molar-refractivity contribution in [2.75, 3.05) is 39.8 Å². The number of carbonyl (C=O) groups excluding carboxylic acids is 1. The molecule has 0 radical (unpaired) electrons. The first-order chi connectivity index (χ1) is 11.7. The van der Waals surface area contributed by atoms with Crippen LogP contribution < -0.4 is 5.32 Å². The van der Waals surface area contributed by atoms with Crippen molar-refractivity contribution in [1.82, 2.24) is 15.1 Å². The van der Waals surface area contributed by atoms with E-state index in [0.29, 0.717) is 12.6 Å². The summed E-state index contributed by atoms with van der Waals surface area (Å²) in [4.78, 5) is 16.8. The first-order valence-electron chi connectivity index (χ1n) is 8.72. The highest BCUT2D eigenvalue weighted by Crippen LogP contribution is 2.21. The molecule has 1 aromatic carbocycles. The maximum atomic E-state index is 13.0. The van der Waals surface area contributed by atoms with Crippen molar-refractivity contribution in [3.8, 4) is 0 Å². The molecule has 0 bridgehead atoms. The summed E-state index contributed by atoms with van der Waals surface area (Å²) in [5, 5.41) is 2.95. The molecule has 2 aliphatic heterocycles. The van der Waals surface area contributed by atoms with Gasteiger partial charge in [-0.15, -0.1) is 0 Å². The Balaban J connectivity index is 1.48. The smallest absolute Gasteiger partial charge is 0.317 e. The van der Waals surface area contributed by atoms with Crippen LogP contribution >= 0.6 is 0 Å². The molecule has 132 valence electrons. The highest BCUT2D eigenvalue weighted by Gasteiger charge is 2.31. The molecule has 0 spiro atoms. The minimum atomic E-state index is -0.275. The van der Waals surface area contributed by atoms with E-state index in [-0.39, 0.29) is 18.0 Å². The molecule has 6 heteroatoms. The number of likely N-dealkylation sites (tertiary alicyclic amines) is 2. The summed E-state index contributed by atoms with van der Waals surface area (Å²) in [6.45, 7) is 4.32. The molecule has 0 aromatic heterocycles. The summed E-state index contributed by atoms with van der Waals surface area (Å²) in [6, 6.07) is 6.66. The number of amides is 2. The minimum Gasteiger partial charge on any atom is -0.375 e. The van der Waals surface area contributed by atoms with E-state index >= 15 is 0 Å². The van der Waals surface area contributed by atoms with Gasteiger partial charge in [0, 0.05) is 32.8 Å². The first-order valence-corrected chi connectivity index (χ1v) is 8.72. The van der Waals surface area contributed by atoms with Gasteiger partial charge in [0.1, 0.15) is 5.82 Å². The predicted molar refractivity (Wildman–Crippen MR) is 90.3 cm³/mol. The van der Waals surface area contributed by atoms with Crippen LogP contribution in [0.3, 0.4) is 0 Å². The summed E-state index contributed by atoms with van der Waals surface area (Å²) in [5.74, 6) is -0.275. The Kier molecular flexibility index (Phi) is 5.68. The lowest BCUT2D eigenvalue weighted by molar-refractivity contribution is 0.102. The van der Waals surface area contributed by atoms with Gasteiger partial charge < -0.3 is 15.0 Å². The summed E-state index contributed by atoms with van der Waals surface area (Å²) < 4.78 is 18.4. The monoisotopic (exact) mass is 335 g/mol. The standard InChI is InChI=1S/C18H26FN3O2/c1-24-17(14-4-6-15(19)7-5-14)12-20-18(23)22-11-8-16(13-22)21-9-2-3-10-21/h4-7,16-17H,2-3,8-13H2,1H3,(H,20,23). The lowest BCUT2D eigenvalue weighted by atomic mass is 10.1. The fourth-order valence-electron chi connectivity index (χ4n) is 3.64. The first kappa shape index (κ1) is 17.2. The molecule has 2 fully saturated rings. The molecule has 2 unspecified atom stereocenters. The van der Waals surface area contributed by atoms with E-state index in [1.165, 1.54) is 25.0 Å². The van der Waals surface area contributed by atoms with Crippen LogP contribution in [0.4, 0.5) is 9.18 Å². The van der Waals surface area contributed by atoms with Gasteiger partial charge in [-0.05, 0) is 50.0 Å². The van der Waals surface area contributed by atoms with E-state index in [0.717, 1.165) is 38.2 Å². The second-order valence-corrected chi connectivity index (χ2v) is 6.59. The van der Waals surface area contributed by atoms with Crippen molar-refractivity contribution in [3.63, 3.8) is 0 Å². The van der Waals surface area contributed by atoms with Crippen LogP contribution in [0.15, 0.2) is 24.3 Å². The number of ether oxygens (including phenoxy) is 1. The molecule has 0 saturated carbocycles. The number of halogens is 1. The third kappa shape index (κ3) is 4.05. The average molecular weight is 335 g/mol. The zero-order valence-corrected chi connectivity index (χ0v) is 14.2. The lowest BCUT2D eigenvalue weighted by Gasteiger charge is -2.24. The number of nitrogens with zero attached hydrogens (tertiary/aromatic N) is 2. The Morgan fingerprint density at radius 2 is 2.00 bits per heavy atom. The summed E-state index contributed by atoms with van der Waals surface area (Å²) >= 11 is 0. The van der Waals surface area contributed by atoms with Crippen molar-refractivity contribution in [2.24, 2.45) is 0 Å². The highest BCUT2D eigenvalue weighted by atomic mass is 19.1. The number of hydrogen-bond donors (Lipinski definition) is 1. The number of carbonyl (C=O) groups is 1. The summed E-state index contributed by atoms with van der Waals surface area (Å²) in [5.41, 5.74) is 0.857. The van der Waals surface area contributed by atoms with Crippen molar-refractivity contribution in [3.05, 3.63) is 35.6 Å². The van der Waals surface area contributed by atoms with Crippen LogP contribution in [0.2, 0.25) is 0 Å². The third-order valence-corrected chi connectivity index (χ3v) is 5.07. The van der Waals surface area contributed by atoms with E-state index in [1.807, 2.05) is 4.90 Å². The van der Waals surface area contributed by atoms with Crippen LogP contribution in [-0.4, -0.2) is 61.7 Å². The maximum absolute atomic E-state index is 13.0. The molecule has 5 nitrogen and oxygen atoms in total. The van der Waals surface area contributed by atoms with Gasteiger partial charge >= 0.3 is 6.03 Å². The maximum Gasteiger partial charge on any atom is 0.317 e. The molecule has 2 heterocycles. The number of methoxy groups -OCH3 is 1. The molecule has 2 saturated heterocycles. The Bertz CT molecular complexity index is 546. The number of benzene rings is 1. The Morgan fingerprint density at radius 3 is 2.67 bits per heavy atom. The SMILES string of the molecule is COC(CNC(=O)N1CCC(N2CCCC2)C1)c1ccc(F)cc1. The van der Waals surface area contributed by atoms with Crippen LogP contribution in [0, 0.1) is 5.82 Å².